The van der Waals surface area contributed by atoms with Gasteiger partial charge in [-0.25, -0.2) is 15.0 Å². The Balaban J connectivity index is 1.23. The SMILES string of the molecule is c1ccc(-c2nc(-c3ccccc3)nc(-c3cccc(-n4c5ccccc5c5c6sc7ccccc7c6c6c7ccccc7sc6c54)c3)n2)cc1. The molecule has 0 spiro atoms. The van der Waals surface area contributed by atoms with Crippen molar-refractivity contribution in [3.05, 3.63) is 158 Å². The van der Waals surface area contributed by atoms with E-state index < -0.39 is 0 Å². The van der Waals surface area contributed by atoms with E-state index in [2.05, 4.69) is 102 Å². The van der Waals surface area contributed by atoms with Gasteiger partial charge in [0.15, 0.2) is 17.5 Å². The van der Waals surface area contributed by atoms with E-state index in [1.807, 2.05) is 83.3 Å². The van der Waals surface area contributed by atoms with Crippen LogP contribution in [0.4, 0.5) is 0 Å². The lowest BCUT2D eigenvalue weighted by molar-refractivity contribution is 1.07. The molecule has 4 nitrogen and oxygen atoms in total. The molecule has 51 heavy (non-hydrogen) atoms. The van der Waals surface area contributed by atoms with Gasteiger partial charge >= 0.3 is 0 Å². The van der Waals surface area contributed by atoms with E-state index in [1.165, 1.54) is 62.2 Å². The van der Waals surface area contributed by atoms with Crippen LogP contribution in [0.15, 0.2) is 158 Å². The highest BCUT2D eigenvalue weighted by atomic mass is 32.1. The van der Waals surface area contributed by atoms with Gasteiger partial charge in [-0.1, -0.05) is 127 Å². The molecular weight excluding hydrogens is 661 g/mol. The van der Waals surface area contributed by atoms with E-state index in [0.717, 1.165) is 22.4 Å². The van der Waals surface area contributed by atoms with Crippen LogP contribution in [-0.4, -0.2) is 19.5 Å². The number of benzene rings is 7. The molecule has 11 aromatic rings. The second-order valence-corrected chi connectivity index (χ2v) is 14.9. The largest absolute Gasteiger partial charge is 0.308 e. The van der Waals surface area contributed by atoms with Gasteiger partial charge < -0.3 is 4.57 Å². The van der Waals surface area contributed by atoms with Crippen molar-refractivity contribution in [1.82, 2.24) is 19.5 Å². The Morgan fingerprint density at radius 2 is 0.882 bits per heavy atom. The number of hydrogen-bond acceptors (Lipinski definition) is 5. The van der Waals surface area contributed by atoms with Crippen molar-refractivity contribution >= 4 is 84.8 Å². The first-order chi connectivity index (χ1) is 25.3. The number of aromatic nitrogens is 4. The highest BCUT2D eigenvalue weighted by Gasteiger charge is 2.24. The van der Waals surface area contributed by atoms with Gasteiger partial charge in [-0.15, -0.1) is 22.7 Å². The third kappa shape index (κ3) is 4.34. The summed E-state index contributed by atoms with van der Waals surface area (Å²) in [5.74, 6) is 1.95. The fraction of sp³-hybridized carbons (Fsp3) is 0. The van der Waals surface area contributed by atoms with Crippen molar-refractivity contribution in [2.24, 2.45) is 0 Å². The smallest absolute Gasteiger partial charge is 0.164 e. The Labute approximate surface area is 300 Å². The van der Waals surface area contributed by atoms with E-state index in [0.29, 0.717) is 17.5 Å². The molecule has 0 radical (unpaired) electrons. The lowest BCUT2D eigenvalue weighted by Crippen LogP contribution is -2.01. The minimum absolute atomic E-state index is 0.643. The van der Waals surface area contributed by atoms with Crippen molar-refractivity contribution < 1.29 is 0 Å². The summed E-state index contributed by atoms with van der Waals surface area (Å²) in [6, 6.07) is 55.6. The van der Waals surface area contributed by atoms with Crippen LogP contribution >= 0.6 is 22.7 Å². The Hall–Kier alpha value is -6.21. The first-order valence-corrected chi connectivity index (χ1v) is 18.6. The quantitative estimate of drug-likeness (QED) is 0.185. The average molecular weight is 687 g/mol. The van der Waals surface area contributed by atoms with Gasteiger partial charge in [-0.2, -0.15) is 0 Å². The van der Waals surface area contributed by atoms with Crippen molar-refractivity contribution in [3.63, 3.8) is 0 Å². The highest BCUT2D eigenvalue weighted by Crippen LogP contribution is 2.52. The molecule has 6 heteroatoms. The number of thiophene rings is 2. The summed E-state index contributed by atoms with van der Waals surface area (Å²) in [5, 5.41) is 7.90. The van der Waals surface area contributed by atoms with Gasteiger partial charge in [0.2, 0.25) is 0 Å². The van der Waals surface area contributed by atoms with E-state index in [1.54, 1.807) is 0 Å². The second kappa shape index (κ2) is 11.2. The van der Waals surface area contributed by atoms with Gasteiger partial charge in [-0.3, -0.25) is 0 Å². The van der Waals surface area contributed by atoms with Crippen LogP contribution in [0.5, 0.6) is 0 Å². The third-order valence-electron chi connectivity index (χ3n) is 9.82. The molecule has 4 heterocycles. The minimum atomic E-state index is 0.643. The van der Waals surface area contributed by atoms with Crippen LogP contribution in [0.2, 0.25) is 0 Å². The van der Waals surface area contributed by atoms with E-state index >= 15 is 0 Å². The van der Waals surface area contributed by atoms with Crippen LogP contribution in [0, 0.1) is 0 Å². The molecule has 0 bridgehead atoms. The minimum Gasteiger partial charge on any atom is -0.308 e. The first-order valence-electron chi connectivity index (χ1n) is 17.0. The lowest BCUT2D eigenvalue weighted by Gasteiger charge is -2.12. The molecular formula is C45H26N4S2. The monoisotopic (exact) mass is 686 g/mol. The number of rotatable bonds is 4. The van der Waals surface area contributed by atoms with Crippen LogP contribution < -0.4 is 0 Å². The van der Waals surface area contributed by atoms with Crippen LogP contribution in [0.1, 0.15) is 0 Å². The number of hydrogen-bond donors (Lipinski definition) is 0. The van der Waals surface area contributed by atoms with Crippen molar-refractivity contribution in [1.29, 1.82) is 0 Å². The predicted octanol–water partition coefficient (Wildman–Crippen LogP) is 12.7. The van der Waals surface area contributed by atoms with Gasteiger partial charge in [0.25, 0.3) is 0 Å². The van der Waals surface area contributed by atoms with Gasteiger partial charge in [0, 0.05) is 68.8 Å². The maximum Gasteiger partial charge on any atom is 0.164 e. The molecule has 0 unspecified atom stereocenters. The maximum absolute atomic E-state index is 5.06. The van der Waals surface area contributed by atoms with Crippen molar-refractivity contribution in [2.45, 2.75) is 0 Å². The van der Waals surface area contributed by atoms with Crippen LogP contribution in [0.25, 0.3) is 102 Å². The van der Waals surface area contributed by atoms with Crippen molar-refractivity contribution in [2.75, 3.05) is 0 Å². The summed E-state index contributed by atoms with van der Waals surface area (Å²) >= 11 is 3.80. The second-order valence-electron chi connectivity index (χ2n) is 12.8. The zero-order chi connectivity index (χ0) is 33.5. The molecule has 0 aliphatic heterocycles. The molecule has 0 amide bonds. The Bertz CT molecular complexity index is 3080. The molecule has 0 saturated carbocycles. The fourth-order valence-electron chi connectivity index (χ4n) is 7.60. The summed E-state index contributed by atoms with van der Waals surface area (Å²) in [7, 11) is 0. The average Bonchev–Trinajstić information content (AvgIpc) is 3.88. The summed E-state index contributed by atoms with van der Waals surface area (Å²) < 4.78 is 7.73. The molecule has 0 aliphatic rings. The zero-order valence-corrected chi connectivity index (χ0v) is 28.7. The molecule has 0 saturated heterocycles. The molecule has 0 atom stereocenters. The standard InChI is InChI=1S/C45H26N4S2/c1-3-14-27(15-4-1)43-46-44(28-16-5-2-6-17-28)48-45(47-43)29-18-13-19-30(26-29)49-34-23-10-7-20-31(34)39-40(49)42-38(33-22-9-12-25-36(33)51-42)37-32-21-8-11-24-35(32)50-41(37)39/h1-26H. The molecule has 0 fully saturated rings. The van der Waals surface area contributed by atoms with Crippen LogP contribution in [0.3, 0.4) is 0 Å². The molecule has 238 valence electrons. The zero-order valence-electron chi connectivity index (χ0n) is 27.1. The summed E-state index contributed by atoms with van der Waals surface area (Å²) in [6.07, 6.45) is 0. The molecule has 0 N–H and O–H groups in total. The predicted molar refractivity (Wildman–Crippen MR) is 216 cm³/mol. The summed E-state index contributed by atoms with van der Waals surface area (Å²) in [4.78, 5) is 15.1. The molecule has 7 aromatic carbocycles. The Morgan fingerprint density at radius 3 is 1.53 bits per heavy atom. The number of para-hydroxylation sites is 1. The highest BCUT2D eigenvalue weighted by molar-refractivity contribution is 7.29. The Kier molecular flexibility index (Phi) is 6.26. The van der Waals surface area contributed by atoms with Crippen LogP contribution in [-0.2, 0) is 0 Å². The lowest BCUT2D eigenvalue weighted by atomic mass is 10.0. The van der Waals surface area contributed by atoms with E-state index in [-0.39, 0.29) is 0 Å². The Morgan fingerprint density at radius 1 is 0.392 bits per heavy atom. The van der Waals surface area contributed by atoms with Gasteiger partial charge in [0.05, 0.1) is 15.7 Å². The number of fused-ring (bicyclic) bond motifs is 12. The fourth-order valence-corrected chi connectivity index (χ4v) is 10.1. The van der Waals surface area contributed by atoms with Gasteiger partial charge in [0.1, 0.15) is 0 Å². The number of nitrogens with zero attached hydrogens (tertiary/aromatic N) is 4. The normalized spacial score (nSPS) is 11.9. The van der Waals surface area contributed by atoms with E-state index in [4.69, 9.17) is 15.0 Å². The maximum atomic E-state index is 5.06. The van der Waals surface area contributed by atoms with E-state index in [9.17, 15) is 0 Å². The molecule has 0 aliphatic carbocycles. The topological polar surface area (TPSA) is 43.6 Å². The van der Waals surface area contributed by atoms with Gasteiger partial charge in [-0.05, 0) is 30.3 Å². The summed E-state index contributed by atoms with van der Waals surface area (Å²) in [6.45, 7) is 0. The summed E-state index contributed by atoms with van der Waals surface area (Å²) in [5.41, 5.74) is 6.34. The van der Waals surface area contributed by atoms with Crippen molar-refractivity contribution in [3.8, 4) is 39.9 Å². The molecule has 4 aromatic heterocycles. The first kappa shape index (κ1) is 28.6. The third-order valence-corrected chi connectivity index (χ3v) is 12.2. The molecule has 11 rings (SSSR count).